The second-order valence-corrected chi connectivity index (χ2v) is 5.21. The monoisotopic (exact) mass is 292 g/mol. The molecule has 1 atom stereocenters. The number of ether oxygens (including phenoxy) is 1. The average molecular weight is 292 g/mol. The molecule has 0 spiro atoms. The molecule has 1 saturated heterocycles. The van der Waals surface area contributed by atoms with Crippen LogP contribution in [0.3, 0.4) is 0 Å². The van der Waals surface area contributed by atoms with Gasteiger partial charge in [-0.15, -0.1) is 0 Å². The van der Waals surface area contributed by atoms with Crippen molar-refractivity contribution in [2.75, 3.05) is 43.1 Å². The topological polar surface area (TPSA) is 88.3 Å². The molecule has 0 radical (unpaired) electrons. The molecule has 2 aromatic heterocycles. The van der Waals surface area contributed by atoms with Crippen LogP contribution < -0.4 is 10.2 Å². The van der Waals surface area contributed by atoms with Gasteiger partial charge in [0.25, 0.3) is 0 Å². The highest BCUT2D eigenvalue weighted by Crippen LogP contribution is 2.25. The second kappa shape index (κ2) is 5.82. The SMILES string of the molecule is CC(O)CNc1nc(N2CCOCC2)c2cnn(C)c2n1. The zero-order chi connectivity index (χ0) is 14.8. The van der Waals surface area contributed by atoms with Crippen LogP contribution in [0.5, 0.6) is 0 Å². The molecule has 2 aromatic rings. The van der Waals surface area contributed by atoms with Crippen molar-refractivity contribution in [3.63, 3.8) is 0 Å². The molecule has 1 unspecified atom stereocenters. The van der Waals surface area contributed by atoms with Crippen LogP contribution in [0.1, 0.15) is 6.92 Å². The molecule has 1 fully saturated rings. The van der Waals surface area contributed by atoms with E-state index in [1.54, 1.807) is 17.8 Å². The average Bonchev–Trinajstić information content (AvgIpc) is 2.87. The molecule has 2 N–H and O–H groups in total. The fourth-order valence-corrected chi connectivity index (χ4v) is 2.34. The summed E-state index contributed by atoms with van der Waals surface area (Å²) in [5, 5.41) is 17.7. The minimum Gasteiger partial charge on any atom is -0.392 e. The van der Waals surface area contributed by atoms with Gasteiger partial charge in [0.05, 0.1) is 30.9 Å². The quantitative estimate of drug-likeness (QED) is 0.819. The smallest absolute Gasteiger partial charge is 0.226 e. The Kier molecular flexibility index (Phi) is 3.89. The van der Waals surface area contributed by atoms with E-state index in [-0.39, 0.29) is 0 Å². The number of nitrogens with one attached hydrogen (secondary N) is 1. The van der Waals surface area contributed by atoms with Gasteiger partial charge in [0.1, 0.15) is 5.82 Å². The number of hydrogen-bond donors (Lipinski definition) is 2. The van der Waals surface area contributed by atoms with E-state index in [0.717, 1.165) is 29.9 Å². The van der Waals surface area contributed by atoms with Crippen LogP contribution in [0.25, 0.3) is 11.0 Å². The third kappa shape index (κ3) is 2.91. The van der Waals surface area contributed by atoms with Crippen LogP contribution in [0.15, 0.2) is 6.20 Å². The van der Waals surface area contributed by atoms with Gasteiger partial charge in [-0.2, -0.15) is 15.1 Å². The van der Waals surface area contributed by atoms with Crippen molar-refractivity contribution in [2.45, 2.75) is 13.0 Å². The Labute approximate surface area is 122 Å². The minimum atomic E-state index is -0.456. The normalized spacial score (nSPS) is 17.2. The number of aromatic nitrogens is 4. The molecule has 0 aliphatic carbocycles. The van der Waals surface area contributed by atoms with E-state index < -0.39 is 6.10 Å². The Bertz CT molecular complexity index is 620. The van der Waals surface area contributed by atoms with Gasteiger partial charge in [-0.25, -0.2) is 0 Å². The number of rotatable bonds is 4. The van der Waals surface area contributed by atoms with Gasteiger partial charge in [0, 0.05) is 26.7 Å². The number of aliphatic hydroxyl groups is 1. The lowest BCUT2D eigenvalue weighted by atomic mass is 10.3. The van der Waals surface area contributed by atoms with Crippen molar-refractivity contribution < 1.29 is 9.84 Å². The Morgan fingerprint density at radius 1 is 1.38 bits per heavy atom. The van der Waals surface area contributed by atoms with Gasteiger partial charge in [0.15, 0.2) is 5.65 Å². The van der Waals surface area contributed by atoms with Crippen LogP contribution >= 0.6 is 0 Å². The largest absolute Gasteiger partial charge is 0.392 e. The predicted octanol–water partition coefficient (Wildman–Crippen LogP) is -0.00740. The van der Waals surface area contributed by atoms with Crippen molar-refractivity contribution in [1.82, 2.24) is 19.7 Å². The second-order valence-electron chi connectivity index (χ2n) is 5.21. The Morgan fingerprint density at radius 3 is 2.86 bits per heavy atom. The fourth-order valence-electron chi connectivity index (χ4n) is 2.34. The Hall–Kier alpha value is -1.93. The first kappa shape index (κ1) is 14.0. The van der Waals surface area contributed by atoms with E-state index in [0.29, 0.717) is 25.7 Å². The first-order valence-electron chi connectivity index (χ1n) is 7.09. The maximum Gasteiger partial charge on any atom is 0.226 e. The molecule has 8 heteroatoms. The summed E-state index contributed by atoms with van der Waals surface area (Å²) in [4.78, 5) is 11.2. The van der Waals surface area contributed by atoms with E-state index in [1.807, 2.05) is 7.05 Å². The third-order valence-electron chi connectivity index (χ3n) is 3.44. The van der Waals surface area contributed by atoms with Crippen LogP contribution in [0.4, 0.5) is 11.8 Å². The van der Waals surface area contributed by atoms with Crippen LogP contribution in [0, 0.1) is 0 Å². The van der Waals surface area contributed by atoms with Gasteiger partial charge < -0.3 is 20.1 Å². The summed E-state index contributed by atoms with van der Waals surface area (Å²) in [6.07, 6.45) is 1.33. The van der Waals surface area contributed by atoms with Crippen molar-refractivity contribution in [3.8, 4) is 0 Å². The highest BCUT2D eigenvalue weighted by Gasteiger charge is 2.19. The predicted molar refractivity (Wildman–Crippen MR) is 79.5 cm³/mol. The summed E-state index contributed by atoms with van der Waals surface area (Å²) >= 11 is 0. The molecule has 3 heterocycles. The van der Waals surface area contributed by atoms with Gasteiger partial charge in [-0.3, -0.25) is 4.68 Å². The number of anilines is 2. The number of fused-ring (bicyclic) bond motifs is 1. The summed E-state index contributed by atoms with van der Waals surface area (Å²) in [6, 6.07) is 0. The molecule has 8 nitrogen and oxygen atoms in total. The zero-order valence-electron chi connectivity index (χ0n) is 12.3. The molecule has 0 bridgehead atoms. The fraction of sp³-hybridized carbons (Fsp3) is 0.615. The maximum absolute atomic E-state index is 9.40. The summed E-state index contributed by atoms with van der Waals surface area (Å²) in [5.74, 6) is 1.37. The van der Waals surface area contributed by atoms with Crippen LogP contribution in [0.2, 0.25) is 0 Å². The number of aliphatic hydroxyl groups excluding tert-OH is 1. The lowest BCUT2D eigenvalue weighted by Crippen LogP contribution is -2.37. The molecule has 0 aromatic carbocycles. The summed E-state index contributed by atoms with van der Waals surface area (Å²) in [6.45, 7) is 5.13. The molecular weight excluding hydrogens is 272 g/mol. The highest BCUT2D eigenvalue weighted by atomic mass is 16.5. The van der Waals surface area contributed by atoms with E-state index >= 15 is 0 Å². The third-order valence-corrected chi connectivity index (χ3v) is 3.44. The summed E-state index contributed by atoms with van der Waals surface area (Å²) < 4.78 is 7.12. The number of morpholine rings is 1. The van der Waals surface area contributed by atoms with Crippen LogP contribution in [-0.4, -0.2) is 63.8 Å². The molecule has 1 aliphatic heterocycles. The lowest BCUT2D eigenvalue weighted by Gasteiger charge is -2.28. The first-order chi connectivity index (χ1) is 10.1. The van der Waals surface area contributed by atoms with Crippen molar-refractivity contribution in [2.24, 2.45) is 7.05 Å². The zero-order valence-corrected chi connectivity index (χ0v) is 12.3. The molecule has 0 amide bonds. The van der Waals surface area contributed by atoms with Crippen molar-refractivity contribution >= 4 is 22.8 Å². The molecule has 0 saturated carbocycles. The van der Waals surface area contributed by atoms with E-state index in [9.17, 15) is 5.11 Å². The molecular formula is C13H20N6O2. The number of nitrogens with zero attached hydrogens (tertiary/aromatic N) is 5. The Morgan fingerprint density at radius 2 is 2.14 bits per heavy atom. The van der Waals surface area contributed by atoms with Gasteiger partial charge in [-0.05, 0) is 6.92 Å². The first-order valence-corrected chi connectivity index (χ1v) is 7.09. The maximum atomic E-state index is 9.40. The van der Waals surface area contributed by atoms with E-state index in [4.69, 9.17) is 4.74 Å². The molecule has 3 rings (SSSR count). The molecule has 1 aliphatic rings. The van der Waals surface area contributed by atoms with E-state index in [2.05, 4.69) is 25.3 Å². The molecule has 114 valence electrons. The van der Waals surface area contributed by atoms with Gasteiger partial charge >= 0.3 is 0 Å². The Balaban J connectivity index is 1.99. The summed E-state index contributed by atoms with van der Waals surface area (Å²) in [7, 11) is 1.86. The standard InChI is InChI=1S/C13H20N6O2/c1-9(20)7-14-13-16-11-10(8-15-18(11)2)12(17-13)19-3-5-21-6-4-19/h8-9,20H,3-7H2,1-2H3,(H,14,16,17). The number of hydrogen-bond acceptors (Lipinski definition) is 7. The highest BCUT2D eigenvalue weighted by molar-refractivity contribution is 5.88. The van der Waals surface area contributed by atoms with Crippen LogP contribution in [-0.2, 0) is 11.8 Å². The summed E-state index contributed by atoms with van der Waals surface area (Å²) in [5.41, 5.74) is 0.777. The number of aryl methyl sites for hydroxylation is 1. The van der Waals surface area contributed by atoms with E-state index in [1.165, 1.54) is 0 Å². The van der Waals surface area contributed by atoms with Crippen molar-refractivity contribution in [1.29, 1.82) is 0 Å². The van der Waals surface area contributed by atoms with Gasteiger partial charge in [-0.1, -0.05) is 0 Å². The van der Waals surface area contributed by atoms with Crippen molar-refractivity contribution in [3.05, 3.63) is 6.20 Å². The molecule has 21 heavy (non-hydrogen) atoms. The van der Waals surface area contributed by atoms with Gasteiger partial charge in [0.2, 0.25) is 5.95 Å². The lowest BCUT2D eigenvalue weighted by molar-refractivity contribution is 0.122. The minimum absolute atomic E-state index is 0.409.